The highest BCUT2D eigenvalue weighted by molar-refractivity contribution is 9.10. The zero-order chi connectivity index (χ0) is 14.8. The molecule has 0 aliphatic heterocycles. The van der Waals surface area contributed by atoms with Gasteiger partial charge in [0.1, 0.15) is 17.3 Å². The molecule has 0 spiro atoms. The Bertz CT molecular complexity index is 622. The molecule has 1 heterocycles. The Morgan fingerprint density at radius 3 is 2.55 bits per heavy atom. The minimum Gasteiger partial charge on any atom is -0.437 e. The van der Waals surface area contributed by atoms with E-state index in [-0.39, 0.29) is 27.7 Å². The van der Waals surface area contributed by atoms with Gasteiger partial charge in [-0.1, -0.05) is 0 Å². The molecule has 0 bridgehead atoms. The molecule has 0 amide bonds. The van der Waals surface area contributed by atoms with Crippen LogP contribution in [0, 0.1) is 0 Å². The van der Waals surface area contributed by atoms with Crippen molar-refractivity contribution in [2.24, 2.45) is 0 Å². The molecule has 0 saturated carbocycles. The third-order valence-electron chi connectivity index (χ3n) is 1.98. The minimum absolute atomic E-state index is 0.0872. The number of anilines is 1. The van der Waals surface area contributed by atoms with Crippen LogP contribution in [0.4, 0.5) is 19.0 Å². The van der Waals surface area contributed by atoms with Crippen molar-refractivity contribution in [2.75, 3.05) is 5.73 Å². The van der Waals surface area contributed by atoms with Crippen molar-refractivity contribution in [1.29, 1.82) is 0 Å². The largest absolute Gasteiger partial charge is 0.573 e. The van der Waals surface area contributed by atoms with Gasteiger partial charge in [-0.15, -0.1) is 13.2 Å². The predicted octanol–water partition coefficient (Wildman–Crippen LogP) is 3.51. The van der Waals surface area contributed by atoms with Crippen molar-refractivity contribution in [1.82, 2.24) is 9.97 Å². The molecule has 1 aromatic heterocycles. The molecule has 2 N–H and O–H groups in total. The lowest BCUT2D eigenvalue weighted by Gasteiger charge is -2.11. The smallest absolute Gasteiger partial charge is 0.437 e. The third-order valence-corrected chi connectivity index (χ3v) is 2.60. The van der Waals surface area contributed by atoms with E-state index in [9.17, 15) is 13.2 Å². The summed E-state index contributed by atoms with van der Waals surface area (Å²) in [7, 11) is 0. The zero-order valence-corrected chi connectivity index (χ0v) is 11.3. The molecule has 20 heavy (non-hydrogen) atoms. The van der Waals surface area contributed by atoms with Gasteiger partial charge in [-0.25, -0.2) is 0 Å². The van der Waals surface area contributed by atoms with Crippen LogP contribution in [0.15, 0.2) is 35.1 Å². The summed E-state index contributed by atoms with van der Waals surface area (Å²) in [5, 5.41) is 0. The summed E-state index contributed by atoms with van der Waals surface area (Å²) >= 11 is 2.96. The summed E-state index contributed by atoms with van der Waals surface area (Å²) in [6.07, 6.45) is -2.10. The Morgan fingerprint density at radius 2 is 1.95 bits per heavy atom. The van der Waals surface area contributed by atoms with Crippen LogP contribution in [0.1, 0.15) is 0 Å². The van der Waals surface area contributed by atoms with Gasteiger partial charge >= 0.3 is 6.36 Å². The lowest BCUT2D eigenvalue weighted by molar-refractivity contribution is -0.274. The summed E-state index contributed by atoms with van der Waals surface area (Å²) in [5.74, 6) is 0.176. The molecule has 9 heteroatoms. The van der Waals surface area contributed by atoms with Crippen molar-refractivity contribution >= 4 is 21.7 Å². The first kappa shape index (κ1) is 14.4. The number of rotatable bonds is 3. The zero-order valence-electron chi connectivity index (χ0n) is 9.69. The van der Waals surface area contributed by atoms with E-state index in [1.807, 2.05) is 0 Å². The number of hydrogen-bond acceptors (Lipinski definition) is 5. The van der Waals surface area contributed by atoms with Gasteiger partial charge in [-0.2, -0.15) is 4.98 Å². The van der Waals surface area contributed by atoms with Crippen molar-refractivity contribution < 1.29 is 22.6 Å². The van der Waals surface area contributed by atoms with Crippen LogP contribution < -0.4 is 15.2 Å². The van der Waals surface area contributed by atoms with Gasteiger partial charge in [-0.05, 0) is 34.1 Å². The van der Waals surface area contributed by atoms with Gasteiger partial charge in [0.25, 0.3) is 0 Å². The first-order valence-corrected chi connectivity index (χ1v) is 5.93. The second-order valence-electron chi connectivity index (χ2n) is 3.52. The van der Waals surface area contributed by atoms with Gasteiger partial charge in [0, 0.05) is 0 Å². The van der Waals surface area contributed by atoms with Crippen molar-refractivity contribution in [3.8, 4) is 17.4 Å². The molecular formula is C11H7BrF3N3O2. The van der Waals surface area contributed by atoms with Crippen LogP contribution in [-0.4, -0.2) is 16.3 Å². The number of hydrogen-bond donors (Lipinski definition) is 1. The molecular weight excluding hydrogens is 343 g/mol. The van der Waals surface area contributed by atoms with Gasteiger partial charge < -0.3 is 15.2 Å². The first-order valence-electron chi connectivity index (χ1n) is 5.14. The fraction of sp³-hybridized carbons (Fsp3) is 0.0909. The maximum Gasteiger partial charge on any atom is 0.573 e. The number of benzene rings is 1. The Morgan fingerprint density at radius 1 is 1.20 bits per heavy atom. The molecule has 0 radical (unpaired) electrons. The minimum atomic E-state index is -4.76. The van der Waals surface area contributed by atoms with Gasteiger partial charge in [0.2, 0.25) is 5.88 Å². The average Bonchev–Trinajstić information content (AvgIpc) is 2.31. The Hall–Kier alpha value is -2.03. The van der Waals surface area contributed by atoms with E-state index >= 15 is 0 Å². The molecule has 5 nitrogen and oxygen atoms in total. The maximum absolute atomic E-state index is 12.1. The van der Waals surface area contributed by atoms with Gasteiger partial charge in [-0.3, -0.25) is 4.98 Å². The number of nitrogen functional groups attached to an aromatic ring is 1. The van der Waals surface area contributed by atoms with E-state index in [1.54, 1.807) is 0 Å². The van der Waals surface area contributed by atoms with Crippen LogP contribution >= 0.6 is 15.9 Å². The number of halogens is 4. The number of nitrogens with zero attached hydrogens (tertiary/aromatic N) is 2. The van der Waals surface area contributed by atoms with E-state index in [4.69, 9.17) is 10.5 Å². The topological polar surface area (TPSA) is 70.3 Å². The fourth-order valence-corrected chi connectivity index (χ4v) is 1.72. The molecule has 1 aromatic carbocycles. The third kappa shape index (κ3) is 3.98. The van der Waals surface area contributed by atoms with Crippen LogP contribution in [-0.2, 0) is 0 Å². The highest BCUT2D eigenvalue weighted by Crippen LogP contribution is 2.34. The maximum atomic E-state index is 12.1. The van der Waals surface area contributed by atoms with Crippen LogP contribution in [0.2, 0.25) is 0 Å². The van der Waals surface area contributed by atoms with Crippen LogP contribution in [0.3, 0.4) is 0 Å². The number of alkyl halides is 3. The molecule has 0 saturated heterocycles. The predicted molar refractivity (Wildman–Crippen MR) is 67.3 cm³/mol. The molecule has 2 aromatic rings. The summed E-state index contributed by atoms with van der Waals surface area (Å²) in [4.78, 5) is 7.62. The standard InChI is InChI=1S/C11H7BrF3N3O2/c12-7-3-6(1-2-8(7)20-11(13,14)15)19-10-5-17-4-9(16)18-10/h1-5H,(H2,16,18). The van der Waals surface area contributed by atoms with Gasteiger partial charge in [0.05, 0.1) is 16.9 Å². The SMILES string of the molecule is Nc1cncc(Oc2ccc(OC(F)(F)F)c(Br)c2)n1. The molecule has 0 aliphatic carbocycles. The molecule has 0 unspecified atom stereocenters. The van der Waals surface area contributed by atoms with E-state index < -0.39 is 6.36 Å². The normalized spacial score (nSPS) is 11.2. The Balaban J connectivity index is 2.17. The molecule has 2 rings (SSSR count). The highest BCUT2D eigenvalue weighted by Gasteiger charge is 2.32. The number of nitrogens with two attached hydrogens (primary N) is 1. The lowest BCUT2D eigenvalue weighted by Crippen LogP contribution is -2.17. The molecule has 106 valence electrons. The van der Waals surface area contributed by atoms with Gasteiger partial charge in [0.15, 0.2) is 0 Å². The van der Waals surface area contributed by atoms with Crippen LogP contribution in [0.5, 0.6) is 17.4 Å². The lowest BCUT2D eigenvalue weighted by atomic mass is 10.3. The van der Waals surface area contributed by atoms with E-state index in [0.717, 1.165) is 6.07 Å². The number of aromatic nitrogens is 2. The summed E-state index contributed by atoms with van der Waals surface area (Å²) in [6, 6.07) is 3.73. The highest BCUT2D eigenvalue weighted by atomic mass is 79.9. The van der Waals surface area contributed by atoms with E-state index in [2.05, 4.69) is 30.6 Å². The first-order chi connectivity index (χ1) is 9.33. The molecule has 0 aliphatic rings. The summed E-state index contributed by atoms with van der Waals surface area (Å²) in [5.41, 5.74) is 5.43. The quantitative estimate of drug-likeness (QED) is 0.917. The Labute approximate surface area is 119 Å². The van der Waals surface area contributed by atoms with Crippen molar-refractivity contribution in [3.63, 3.8) is 0 Å². The van der Waals surface area contributed by atoms with Crippen LogP contribution in [0.25, 0.3) is 0 Å². The Kier molecular flexibility index (Phi) is 3.98. The summed E-state index contributed by atoms with van der Waals surface area (Å²) in [6.45, 7) is 0. The molecule has 0 atom stereocenters. The second-order valence-corrected chi connectivity index (χ2v) is 4.38. The van der Waals surface area contributed by atoms with E-state index in [1.165, 1.54) is 24.5 Å². The number of ether oxygens (including phenoxy) is 2. The van der Waals surface area contributed by atoms with Crippen molar-refractivity contribution in [3.05, 3.63) is 35.1 Å². The van der Waals surface area contributed by atoms with Crippen molar-refractivity contribution in [2.45, 2.75) is 6.36 Å². The van der Waals surface area contributed by atoms with E-state index in [0.29, 0.717) is 0 Å². The summed E-state index contributed by atoms with van der Waals surface area (Å²) < 4.78 is 45.5. The second kappa shape index (κ2) is 5.53. The fourth-order valence-electron chi connectivity index (χ4n) is 1.28. The monoisotopic (exact) mass is 349 g/mol. The average molecular weight is 350 g/mol. The molecule has 0 fully saturated rings.